The van der Waals surface area contributed by atoms with Crippen LogP contribution in [0.4, 0.5) is 0 Å². The summed E-state index contributed by atoms with van der Waals surface area (Å²) < 4.78 is 5.10. The van der Waals surface area contributed by atoms with Crippen molar-refractivity contribution in [2.75, 3.05) is 7.11 Å². The Balaban J connectivity index is 2.56. The van der Waals surface area contributed by atoms with E-state index in [-0.39, 0.29) is 0 Å². The molecule has 0 bridgehead atoms. The highest BCUT2D eigenvalue weighted by atomic mass is 35.5. The van der Waals surface area contributed by atoms with E-state index < -0.39 is 0 Å². The van der Waals surface area contributed by atoms with Crippen molar-refractivity contribution < 1.29 is 4.74 Å². The number of methoxy groups -OCH3 is 1. The molecule has 94 valence electrons. The van der Waals surface area contributed by atoms with E-state index in [1.54, 1.807) is 31.4 Å². The van der Waals surface area contributed by atoms with E-state index in [9.17, 15) is 0 Å². The van der Waals surface area contributed by atoms with Crippen LogP contribution in [0.25, 0.3) is 11.1 Å². The molecule has 0 N–H and O–H groups in total. The van der Waals surface area contributed by atoms with Gasteiger partial charge in [0.05, 0.1) is 27.2 Å². The molecule has 0 heterocycles. The molecule has 0 aromatic heterocycles. The highest BCUT2D eigenvalue weighted by Gasteiger charge is 2.11. The Bertz CT molecular complexity index is 596. The molecule has 2 aromatic rings. The van der Waals surface area contributed by atoms with Crippen LogP contribution in [0.2, 0.25) is 20.1 Å². The summed E-state index contributed by atoms with van der Waals surface area (Å²) in [6.45, 7) is 0. The molecule has 1 nitrogen and oxygen atoms in total. The third-order valence-electron chi connectivity index (χ3n) is 2.50. The minimum atomic E-state index is 0.336. The fourth-order valence-electron chi connectivity index (χ4n) is 1.58. The SMILES string of the molecule is COc1ccc(-c2ccc(Cl)c(Cl)c2Cl)cc1Cl. The van der Waals surface area contributed by atoms with Gasteiger partial charge in [-0.25, -0.2) is 0 Å². The zero-order valence-corrected chi connectivity index (χ0v) is 12.3. The molecule has 5 heteroatoms. The van der Waals surface area contributed by atoms with Crippen LogP contribution in [0.15, 0.2) is 30.3 Å². The summed E-state index contributed by atoms with van der Waals surface area (Å²) in [6, 6.07) is 8.90. The Hall–Kier alpha value is -0.600. The van der Waals surface area contributed by atoms with Gasteiger partial charge in [0.1, 0.15) is 5.75 Å². The van der Waals surface area contributed by atoms with Gasteiger partial charge >= 0.3 is 0 Å². The number of rotatable bonds is 2. The van der Waals surface area contributed by atoms with Crippen LogP contribution in [0.5, 0.6) is 5.75 Å². The first-order chi connectivity index (χ1) is 8.54. The molecule has 0 spiro atoms. The van der Waals surface area contributed by atoms with Gasteiger partial charge in [-0.2, -0.15) is 0 Å². The fourth-order valence-corrected chi connectivity index (χ4v) is 2.49. The van der Waals surface area contributed by atoms with Crippen molar-refractivity contribution in [1.82, 2.24) is 0 Å². The van der Waals surface area contributed by atoms with E-state index in [1.807, 2.05) is 6.07 Å². The van der Waals surface area contributed by atoms with Gasteiger partial charge in [-0.15, -0.1) is 0 Å². The molecule has 0 saturated heterocycles. The average Bonchev–Trinajstić information content (AvgIpc) is 2.36. The lowest BCUT2D eigenvalue weighted by Crippen LogP contribution is -1.86. The van der Waals surface area contributed by atoms with Gasteiger partial charge in [0.15, 0.2) is 0 Å². The first-order valence-electron chi connectivity index (χ1n) is 5.02. The van der Waals surface area contributed by atoms with E-state index in [0.717, 1.165) is 11.1 Å². The second-order valence-electron chi connectivity index (χ2n) is 3.57. The quantitative estimate of drug-likeness (QED) is 0.618. The molecular weight excluding hydrogens is 314 g/mol. The van der Waals surface area contributed by atoms with Crippen LogP contribution < -0.4 is 4.74 Å². The molecule has 18 heavy (non-hydrogen) atoms. The summed E-state index contributed by atoms with van der Waals surface area (Å²) in [7, 11) is 1.56. The molecule has 0 amide bonds. The predicted octanol–water partition coefficient (Wildman–Crippen LogP) is 5.98. The Morgan fingerprint density at radius 3 is 2.17 bits per heavy atom. The van der Waals surface area contributed by atoms with Crippen LogP contribution in [0.3, 0.4) is 0 Å². The topological polar surface area (TPSA) is 9.23 Å². The van der Waals surface area contributed by atoms with Crippen molar-refractivity contribution in [2.24, 2.45) is 0 Å². The van der Waals surface area contributed by atoms with Gasteiger partial charge in [-0.05, 0) is 23.8 Å². The average molecular weight is 322 g/mol. The number of halogens is 4. The van der Waals surface area contributed by atoms with Crippen molar-refractivity contribution >= 4 is 46.4 Å². The highest BCUT2D eigenvalue weighted by Crippen LogP contribution is 2.39. The maximum atomic E-state index is 6.17. The van der Waals surface area contributed by atoms with Gasteiger partial charge in [-0.3, -0.25) is 0 Å². The van der Waals surface area contributed by atoms with Crippen LogP contribution in [-0.2, 0) is 0 Å². The van der Waals surface area contributed by atoms with Crippen molar-refractivity contribution in [2.45, 2.75) is 0 Å². The lowest BCUT2D eigenvalue weighted by atomic mass is 10.1. The first-order valence-corrected chi connectivity index (χ1v) is 6.53. The monoisotopic (exact) mass is 320 g/mol. The maximum absolute atomic E-state index is 6.17. The second kappa shape index (κ2) is 5.58. The standard InChI is InChI=1S/C13H8Cl4O/c1-18-11-5-2-7(6-10(11)15)8-3-4-9(14)13(17)12(8)16/h2-6H,1H3. The van der Waals surface area contributed by atoms with E-state index in [2.05, 4.69) is 0 Å². The van der Waals surface area contributed by atoms with E-state index in [0.29, 0.717) is 25.8 Å². The molecule has 0 saturated carbocycles. The number of hydrogen-bond acceptors (Lipinski definition) is 1. The molecule has 0 unspecified atom stereocenters. The third-order valence-corrected chi connectivity index (χ3v) is 4.09. The van der Waals surface area contributed by atoms with Gasteiger partial charge in [0.2, 0.25) is 0 Å². The molecule has 2 rings (SSSR count). The minimum absolute atomic E-state index is 0.336. The fraction of sp³-hybridized carbons (Fsp3) is 0.0769. The molecule has 0 aliphatic carbocycles. The van der Waals surface area contributed by atoms with Gasteiger partial charge in [-0.1, -0.05) is 58.5 Å². The molecule has 0 fully saturated rings. The van der Waals surface area contributed by atoms with Crippen molar-refractivity contribution in [3.05, 3.63) is 50.4 Å². The normalized spacial score (nSPS) is 10.5. The summed E-state index contributed by atoms with van der Waals surface area (Å²) in [5.41, 5.74) is 1.62. The molecule has 0 aliphatic rings. The Kier molecular flexibility index (Phi) is 4.29. The van der Waals surface area contributed by atoms with E-state index in [4.69, 9.17) is 51.1 Å². The second-order valence-corrected chi connectivity index (χ2v) is 5.14. The smallest absolute Gasteiger partial charge is 0.137 e. The van der Waals surface area contributed by atoms with Gasteiger partial charge in [0.25, 0.3) is 0 Å². The first kappa shape index (κ1) is 13.8. The van der Waals surface area contributed by atoms with Crippen LogP contribution in [-0.4, -0.2) is 7.11 Å². The largest absolute Gasteiger partial charge is 0.495 e. The summed E-state index contributed by atoms with van der Waals surface area (Å²) in [5.74, 6) is 0.608. The Morgan fingerprint density at radius 2 is 1.56 bits per heavy atom. The van der Waals surface area contributed by atoms with Crippen LogP contribution >= 0.6 is 46.4 Å². The molecule has 0 atom stereocenters. The summed E-state index contributed by atoms with van der Waals surface area (Å²) in [5, 5.41) is 1.68. The minimum Gasteiger partial charge on any atom is -0.495 e. The lowest BCUT2D eigenvalue weighted by Gasteiger charge is -2.09. The van der Waals surface area contributed by atoms with Crippen LogP contribution in [0.1, 0.15) is 0 Å². The highest BCUT2D eigenvalue weighted by molar-refractivity contribution is 6.49. The number of benzene rings is 2. The third kappa shape index (κ3) is 2.55. The molecular formula is C13H8Cl4O. The lowest BCUT2D eigenvalue weighted by molar-refractivity contribution is 0.415. The Labute approximate surface area is 125 Å². The number of hydrogen-bond donors (Lipinski definition) is 0. The molecule has 0 aliphatic heterocycles. The predicted molar refractivity (Wildman–Crippen MR) is 78.5 cm³/mol. The summed E-state index contributed by atoms with van der Waals surface area (Å²) >= 11 is 24.1. The van der Waals surface area contributed by atoms with E-state index >= 15 is 0 Å². The molecule has 0 radical (unpaired) electrons. The van der Waals surface area contributed by atoms with Crippen molar-refractivity contribution in [3.63, 3.8) is 0 Å². The molecule has 2 aromatic carbocycles. The van der Waals surface area contributed by atoms with Crippen molar-refractivity contribution in [1.29, 1.82) is 0 Å². The van der Waals surface area contributed by atoms with Gasteiger partial charge in [0, 0.05) is 5.56 Å². The summed E-state index contributed by atoms with van der Waals surface area (Å²) in [4.78, 5) is 0. The zero-order valence-electron chi connectivity index (χ0n) is 9.31. The van der Waals surface area contributed by atoms with E-state index in [1.165, 1.54) is 0 Å². The summed E-state index contributed by atoms with van der Waals surface area (Å²) in [6.07, 6.45) is 0. The van der Waals surface area contributed by atoms with Gasteiger partial charge < -0.3 is 4.74 Å². The zero-order chi connectivity index (χ0) is 13.3. The number of ether oxygens (including phenoxy) is 1. The van der Waals surface area contributed by atoms with Crippen molar-refractivity contribution in [3.8, 4) is 16.9 Å². The maximum Gasteiger partial charge on any atom is 0.137 e. The Morgan fingerprint density at radius 1 is 0.833 bits per heavy atom. The van der Waals surface area contributed by atoms with Crippen LogP contribution in [0, 0.1) is 0 Å².